The summed E-state index contributed by atoms with van der Waals surface area (Å²) in [7, 11) is 1.53. The highest BCUT2D eigenvalue weighted by molar-refractivity contribution is 5.72. The number of amides is 1. The van der Waals surface area contributed by atoms with Gasteiger partial charge in [-0.2, -0.15) is 0 Å². The number of para-hydroxylation sites is 2. The quantitative estimate of drug-likeness (QED) is 0.805. The van der Waals surface area contributed by atoms with Gasteiger partial charge < -0.3 is 20.1 Å². The summed E-state index contributed by atoms with van der Waals surface area (Å²) in [6.45, 7) is 1.10. The Kier molecular flexibility index (Phi) is 2.96. The van der Waals surface area contributed by atoms with E-state index in [9.17, 15) is 4.79 Å². The second-order valence-corrected chi connectivity index (χ2v) is 3.68. The van der Waals surface area contributed by atoms with Gasteiger partial charge in [0.05, 0.1) is 7.11 Å². The first-order valence-electron chi connectivity index (χ1n) is 5.06. The molecular formula is C11H14N2O3. The van der Waals surface area contributed by atoms with Crippen LogP contribution in [0.15, 0.2) is 24.3 Å². The van der Waals surface area contributed by atoms with Crippen molar-refractivity contribution in [2.24, 2.45) is 5.73 Å². The molecule has 16 heavy (non-hydrogen) atoms. The Morgan fingerprint density at radius 1 is 1.38 bits per heavy atom. The lowest BCUT2D eigenvalue weighted by molar-refractivity contribution is 0.112. The Labute approximate surface area is 93.7 Å². The van der Waals surface area contributed by atoms with Crippen LogP contribution in [-0.2, 0) is 0 Å². The second-order valence-electron chi connectivity index (χ2n) is 3.68. The number of carbonyl (C=O) groups excluding carboxylic acids is 1. The number of hydrogen-bond acceptors (Lipinski definition) is 4. The van der Waals surface area contributed by atoms with Crippen LogP contribution in [0.5, 0.6) is 11.5 Å². The highest BCUT2D eigenvalue weighted by Gasteiger charge is 2.29. The van der Waals surface area contributed by atoms with Gasteiger partial charge in [-0.25, -0.2) is 4.79 Å². The summed E-state index contributed by atoms with van der Waals surface area (Å²) in [5.41, 5.74) is 5.58. The van der Waals surface area contributed by atoms with E-state index in [1.165, 1.54) is 7.11 Å². The first-order chi connectivity index (χ1) is 7.70. The van der Waals surface area contributed by atoms with E-state index >= 15 is 0 Å². The smallest absolute Gasteiger partial charge is 0.415 e. The number of benzene rings is 1. The lowest BCUT2D eigenvalue weighted by atomic mass is 10.1. The molecule has 1 aliphatic rings. The van der Waals surface area contributed by atoms with Gasteiger partial charge in [0, 0.05) is 19.1 Å². The number of hydrogen-bond donors (Lipinski definition) is 1. The van der Waals surface area contributed by atoms with Crippen molar-refractivity contribution in [2.75, 3.05) is 20.2 Å². The molecule has 0 bridgehead atoms. The minimum atomic E-state index is -0.383. The second kappa shape index (κ2) is 4.40. The summed E-state index contributed by atoms with van der Waals surface area (Å²) in [5, 5.41) is 0. The molecular weight excluding hydrogens is 208 g/mol. The van der Waals surface area contributed by atoms with Crippen LogP contribution in [0.1, 0.15) is 0 Å². The molecule has 1 amide bonds. The lowest BCUT2D eigenvalue weighted by Gasteiger charge is -2.35. The molecule has 0 saturated carbocycles. The van der Waals surface area contributed by atoms with Crippen LogP contribution in [0.4, 0.5) is 4.79 Å². The molecule has 1 aliphatic heterocycles. The summed E-state index contributed by atoms with van der Waals surface area (Å²) in [6, 6.07) is 7.11. The molecule has 5 nitrogen and oxygen atoms in total. The van der Waals surface area contributed by atoms with Crippen molar-refractivity contribution < 1.29 is 14.3 Å². The van der Waals surface area contributed by atoms with Crippen LogP contribution in [0.3, 0.4) is 0 Å². The Balaban J connectivity index is 2.00. The van der Waals surface area contributed by atoms with Gasteiger partial charge >= 0.3 is 6.09 Å². The van der Waals surface area contributed by atoms with Gasteiger partial charge in [0.25, 0.3) is 0 Å². The zero-order chi connectivity index (χ0) is 11.5. The van der Waals surface area contributed by atoms with Crippen molar-refractivity contribution in [1.29, 1.82) is 0 Å². The molecule has 0 spiro atoms. The number of nitrogens with two attached hydrogens (primary N) is 1. The monoisotopic (exact) mass is 222 g/mol. The predicted molar refractivity (Wildman–Crippen MR) is 58.6 cm³/mol. The fourth-order valence-corrected chi connectivity index (χ4v) is 1.52. The van der Waals surface area contributed by atoms with E-state index in [0.29, 0.717) is 24.6 Å². The van der Waals surface area contributed by atoms with Gasteiger partial charge in [-0.1, -0.05) is 12.1 Å². The number of likely N-dealkylation sites (tertiary alicyclic amines) is 1. The van der Waals surface area contributed by atoms with Crippen LogP contribution in [-0.4, -0.2) is 37.2 Å². The molecule has 0 atom stereocenters. The third-order valence-corrected chi connectivity index (χ3v) is 2.43. The summed E-state index contributed by atoms with van der Waals surface area (Å²) in [6.07, 6.45) is -0.383. The fraction of sp³-hybridized carbons (Fsp3) is 0.364. The van der Waals surface area contributed by atoms with E-state index in [4.69, 9.17) is 15.2 Å². The molecule has 0 aromatic heterocycles. The summed E-state index contributed by atoms with van der Waals surface area (Å²) >= 11 is 0. The first kappa shape index (κ1) is 10.8. The van der Waals surface area contributed by atoms with E-state index in [2.05, 4.69) is 0 Å². The number of ether oxygens (including phenoxy) is 2. The van der Waals surface area contributed by atoms with Gasteiger partial charge in [-0.3, -0.25) is 0 Å². The maximum atomic E-state index is 11.6. The van der Waals surface area contributed by atoms with E-state index in [1.54, 1.807) is 23.1 Å². The minimum Gasteiger partial charge on any atom is -0.493 e. The normalized spacial score (nSPS) is 15.5. The molecule has 1 saturated heterocycles. The molecule has 86 valence electrons. The maximum absolute atomic E-state index is 11.6. The van der Waals surface area contributed by atoms with Crippen LogP contribution in [0.25, 0.3) is 0 Å². The van der Waals surface area contributed by atoms with Crippen LogP contribution in [0, 0.1) is 0 Å². The molecule has 1 fully saturated rings. The number of nitrogens with zero attached hydrogens (tertiary/aromatic N) is 1. The topological polar surface area (TPSA) is 64.8 Å². The first-order valence-corrected chi connectivity index (χ1v) is 5.06. The third kappa shape index (κ3) is 2.09. The van der Waals surface area contributed by atoms with Crippen LogP contribution < -0.4 is 15.2 Å². The van der Waals surface area contributed by atoms with Crippen molar-refractivity contribution in [3.05, 3.63) is 24.3 Å². The Bertz CT molecular complexity index is 389. The highest BCUT2D eigenvalue weighted by Crippen LogP contribution is 2.26. The largest absolute Gasteiger partial charge is 0.493 e. The van der Waals surface area contributed by atoms with E-state index < -0.39 is 0 Å². The summed E-state index contributed by atoms with van der Waals surface area (Å²) in [5.74, 6) is 0.969. The highest BCUT2D eigenvalue weighted by atomic mass is 16.6. The minimum absolute atomic E-state index is 0.0743. The van der Waals surface area contributed by atoms with Gasteiger partial charge in [-0.05, 0) is 12.1 Å². The Morgan fingerprint density at radius 2 is 2.00 bits per heavy atom. The van der Waals surface area contributed by atoms with Gasteiger partial charge in [0.15, 0.2) is 11.5 Å². The van der Waals surface area contributed by atoms with Crippen molar-refractivity contribution in [2.45, 2.75) is 6.04 Å². The Morgan fingerprint density at radius 3 is 2.56 bits per heavy atom. The molecule has 2 N–H and O–H groups in total. The van der Waals surface area contributed by atoms with Crippen molar-refractivity contribution in [3.8, 4) is 11.5 Å². The molecule has 0 radical (unpaired) electrons. The molecule has 2 rings (SSSR count). The van der Waals surface area contributed by atoms with Crippen molar-refractivity contribution >= 4 is 6.09 Å². The Hall–Kier alpha value is -1.75. The van der Waals surface area contributed by atoms with Crippen LogP contribution >= 0.6 is 0 Å². The predicted octanol–water partition coefficient (Wildman–Crippen LogP) is 0.837. The number of carbonyl (C=O) groups is 1. The van der Waals surface area contributed by atoms with Crippen molar-refractivity contribution in [3.63, 3.8) is 0 Å². The number of methoxy groups -OCH3 is 1. The molecule has 1 heterocycles. The molecule has 1 aromatic rings. The van der Waals surface area contributed by atoms with E-state index in [-0.39, 0.29) is 12.1 Å². The zero-order valence-electron chi connectivity index (χ0n) is 9.05. The van der Waals surface area contributed by atoms with Crippen molar-refractivity contribution in [1.82, 2.24) is 4.90 Å². The van der Waals surface area contributed by atoms with Gasteiger partial charge in [-0.15, -0.1) is 0 Å². The zero-order valence-corrected chi connectivity index (χ0v) is 9.05. The standard InChI is InChI=1S/C11H14N2O3/c1-15-9-4-2-3-5-10(9)16-11(14)13-6-8(12)7-13/h2-5,8H,6-7,12H2,1H3. The summed E-state index contributed by atoms with van der Waals surface area (Å²) in [4.78, 5) is 13.2. The molecule has 5 heteroatoms. The molecule has 0 unspecified atom stereocenters. The number of rotatable bonds is 2. The van der Waals surface area contributed by atoms with Gasteiger partial charge in [0.2, 0.25) is 0 Å². The van der Waals surface area contributed by atoms with E-state index in [1.807, 2.05) is 6.07 Å². The van der Waals surface area contributed by atoms with Crippen LogP contribution in [0.2, 0.25) is 0 Å². The SMILES string of the molecule is COc1ccccc1OC(=O)N1CC(N)C1. The average Bonchev–Trinajstić information content (AvgIpc) is 2.25. The fourth-order valence-electron chi connectivity index (χ4n) is 1.52. The average molecular weight is 222 g/mol. The molecule has 1 aromatic carbocycles. The summed E-state index contributed by atoms with van der Waals surface area (Å²) < 4.78 is 10.3. The lowest BCUT2D eigenvalue weighted by Crippen LogP contribution is -2.58. The maximum Gasteiger partial charge on any atom is 0.415 e. The van der Waals surface area contributed by atoms with E-state index in [0.717, 1.165) is 0 Å². The molecule has 0 aliphatic carbocycles. The van der Waals surface area contributed by atoms with Gasteiger partial charge in [0.1, 0.15) is 0 Å². The third-order valence-electron chi connectivity index (χ3n) is 2.43.